The Bertz CT molecular complexity index is 589. The number of carbonyl (C=O) groups is 2. The zero-order valence-corrected chi connectivity index (χ0v) is 14.6. The third-order valence-electron chi connectivity index (χ3n) is 3.62. The number of hydrogen-bond donors (Lipinski definition) is 1. The number of amides is 1. The van der Waals surface area contributed by atoms with Crippen molar-refractivity contribution in [1.29, 1.82) is 0 Å². The Morgan fingerprint density at radius 3 is 2.87 bits per heavy atom. The van der Waals surface area contributed by atoms with Gasteiger partial charge in [-0.05, 0) is 33.3 Å². The summed E-state index contributed by atoms with van der Waals surface area (Å²) in [5, 5.41) is 4.66. The fourth-order valence-corrected chi connectivity index (χ4v) is 3.07. The lowest BCUT2D eigenvalue weighted by molar-refractivity contribution is -0.0457. The number of nitrogens with one attached hydrogen (secondary N) is 1. The van der Waals surface area contributed by atoms with Gasteiger partial charge in [0.25, 0.3) is 5.91 Å². The number of hydrogen-bond acceptors (Lipinski definition) is 5. The summed E-state index contributed by atoms with van der Waals surface area (Å²) in [5.41, 5.74) is 1.71. The third kappa shape index (κ3) is 5.27. The van der Waals surface area contributed by atoms with Crippen LogP contribution in [0.2, 0.25) is 0 Å². The van der Waals surface area contributed by atoms with Crippen LogP contribution in [-0.2, 0) is 9.47 Å². The Morgan fingerprint density at radius 2 is 2.22 bits per heavy atom. The summed E-state index contributed by atoms with van der Waals surface area (Å²) >= 11 is 1.29. The van der Waals surface area contributed by atoms with E-state index >= 15 is 0 Å². The van der Waals surface area contributed by atoms with Gasteiger partial charge in [-0.25, -0.2) is 0 Å². The molecule has 0 saturated carbocycles. The molecular weight excluding hydrogens is 314 g/mol. The van der Waals surface area contributed by atoms with Crippen LogP contribution in [0.3, 0.4) is 0 Å². The van der Waals surface area contributed by atoms with Crippen molar-refractivity contribution in [3.8, 4) is 0 Å². The van der Waals surface area contributed by atoms with Gasteiger partial charge < -0.3 is 14.8 Å². The van der Waals surface area contributed by atoms with Gasteiger partial charge in [0.2, 0.25) is 0 Å². The number of ketones is 1. The minimum atomic E-state index is -0.194. The van der Waals surface area contributed by atoms with Gasteiger partial charge in [-0.2, -0.15) is 0 Å². The highest BCUT2D eigenvalue weighted by Crippen LogP contribution is 2.17. The summed E-state index contributed by atoms with van der Waals surface area (Å²) in [6.45, 7) is 7.15. The first-order valence-corrected chi connectivity index (χ1v) is 8.58. The molecule has 1 amide bonds. The molecule has 0 bridgehead atoms. The van der Waals surface area contributed by atoms with Crippen molar-refractivity contribution < 1.29 is 19.1 Å². The normalized spacial score (nSPS) is 20.8. The summed E-state index contributed by atoms with van der Waals surface area (Å²) in [5.74, 6) is -0.224. The maximum atomic E-state index is 12.3. The van der Waals surface area contributed by atoms with Crippen LogP contribution in [0.25, 0.3) is 0 Å². The minimum absolute atomic E-state index is 0.0296. The first-order chi connectivity index (χ1) is 11.0. The second kappa shape index (κ2) is 8.38. The van der Waals surface area contributed by atoms with E-state index in [0.29, 0.717) is 30.3 Å². The van der Waals surface area contributed by atoms with E-state index < -0.39 is 0 Å². The average molecular weight is 337 g/mol. The molecule has 0 aliphatic carbocycles. The zero-order chi connectivity index (χ0) is 16.8. The second-order valence-corrected chi connectivity index (χ2v) is 6.76. The number of allylic oxidation sites excluding steroid dienone is 1. The lowest BCUT2D eigenvalue weighted by Crippen LogP contribution is -2.50. The van der Waals surface area contributed by atoms with Crippen LogP contribution >= 0.6 is 11.3 Å². The number of Topliss-reactive ketones (excluding diaryl/α,β-unsaturated/α-hetero) is 1. The minimum Gasteiger partial charge on any atom is -0.379 e. The van der Waals surface area contributed by atoms with Crippen LogP contribution in [0.5, 0.6) is 0 Å². The molecule has 6 heteroatoms. The highest BCUT2D eigenvalue weighted by molar-refractivity contribution is 7.12. The first-order valence-electron chi connectivity index (χ1n) is 7.70. The van der Waals surface area contributed by atoms with Crippen LogP contribution in [0, 0.1) is 0 Å². The van der Waals surface area contributed by atoms with Crippen LogP contribution in [-0.4, -0.2) is 43.7 Å². The van der Waals surface area contributed by atoms with Gasteiger partial charge in [0.1, 0.15) is 0 Å². The van der Waals surface area contributed by atoms with E-state index in [1.54, 1.807) is 11.4 Å². The summed E-state index contributed by atoms with van der Waals surface area (Å²) in [7, 11) is 0. The van der Waals surface area contributed by atoms with Gasteiger partial charge in [0, 0.05) is 12.0 Å². The largest absolute Gasteiger partial charge is 0.379 e. The lowest BCUT2D eigenvalue weighted by Gasteiger charge is -2.31. The molecule has 2 heterocycles. The van der Waals surface area contributed by atoms with Crippen LogP contribution in [0.15, 0.2) is 23.1 Å². The fraction of sp³-hybridized carbons (Fsp3) is 0.529. The van der Waals surface area contributed by atoms with Crippen LogP contribution < -0.4 is 5.32 Å². The predicted molar refractivity (Wildman–Crippen MR) is 90.2 cm³/mol. The number of thiophene rings is 1. The van der Waals surface area contributed by atoms with E-state index in [1.807, 2.05) is 19.9 Å². The highest BCUT2D eigenvalue weighted by atomic mass is 32.1. The molecule has 2 atom stereocenters. The third-order valence-corrected chi connectivity index (χ3v) is 4.65. The van der Waals surface area contributed by atoms with Crippen molar-refractivity contribution >= 4 is 23.0 Å². The topological polar surface area (TPSA) is 64.6 Å². The monoisotopic (exact) mass is 337 g/mol. The average Bonchev–Trinajstić information content (AvgIpc) is 2.99. The van der Waals surface area contributed by atoms with Crippen molar-refractivity contribution in [2.75, 3.05) is 19.8 Å². The van der Waals surface area contributed by atoms with Crippen molar-refractivity contribution in [3.63, 3.8) is 0 Å². The molecule has 0 aromatic carbocycles. The van der Waals surface area contributed by atoms with Crippen molar-refractivity contribution in [1.82, 2.24) is 5.32 Å². The Kier molecular flexibility index (Phi) is 6.50. The van der Waals surface area contributed by atoms with Crippen molar-refractivity contribution in [2.45, 2.75) is 39.3 Å². The van der Waals surface area contributed by atoms with Crippen molar-refractivity contribution in [2.24, 2.45) is 0 Å². The molecular formula is C17H23NO4S. The van der Waals surface area contributed by atoms with Gasteiger partial charge in [0.15, 0.2) is 5.78 Å². The van der Waals surface area contributed by atoms with Crippen LogP contribution in [0.4, 0.5) is 0 Å². The second-order valence-electron chi connectivity index (χ2n) is 5.85. The molecule has 23 heavy (non-hydrogen) atoms. The van der Waals surface area contributed by atoms with E-state index in [2.05, 4.69) is 5.32 Å². The number of ether oxygens (including phenoxy) is 2. The van der Waals surface area contributed by atoms with E-state index in [-0.39, 0.29) is 23.8 Å². The summed E-state index contributed by atoms with van der Waals surface area (Å²) < 4.78 is 11.3. The standard InChI is InChI=1S/C17H23NO4S/c1-11(2)4-7-22-15-5-6-21-9-14(15)18-17(20)13-8-16(12(3)19)23-10-13/h4,8,10,14-15H,5-7,9H2,1-3H3,(H,18,20)/t14-,15+/m1/s1. The quantitative estimate of drug-likeness (QED) is 0.640. The molecule has 1 aromatic rings. The van der Waals surface area contributed by atoms with Gasteiger partial charge in [0.05, 0.1) is 35.8 Å². The maximum Gasteiger partial charge on any atom is 0.252 e. The van der Waals surface area contributed by atoms with Gasteiger partial charge in [-0.3, -0.25) is 9.59 Å². The Morgan fingerprint density at radius 1 is 1.43 bits per heavy atom. The zero-order valence-electron chi connectivity index (χ0n) is 13.8. The number of carbonyl (C=O) groups excluding carboxylic acids is 2. The smallest absolute Gasteiger partial charge is 0.252 e. The Hall–Kier alpha value is -1.50. The maximum absolute atomic E-state index is 12.3. The molecule has 0 unspecified atom stereocenters. The summed E-state index contributed by atoms with van der Waals surface area (Å²) in [6.07, 6.45) is 2.71. The molecule has 1 N–H and O–H groups in total. The molecule has 1 aliphatic rings. The molecule has 5 nitrogen and oxygen atoms in total. The van der Waals surface area contributed by atoms with E-state index in [1.165, 1.54) is 23.8 Å². The lowest BCUT2D eigenvalue weighted by atomic mass is 10.1. The van der Waals surface area contributed by atoms with E-state index in [0.717, 1.165) is 6.42 Å². The van der Waals surface area contributed by atoms with Crippen LogP contribution in [0.1, 0.15) is 47.2 Å². The van der Waals surface area contributed by atoms with Crippen molar-refractivity contribution in [3.05, 3.63) is 33.5 Å². The SMILES string of the molecule is CC(=O)c1cc(C(=O)N[C@@H]2COCC[C@@H]2OCC=C(C)C)cs1. The Balaban J connectivity index is 1.95. The van der Waals surface area contributed by atoms with Gasteiger partial charge in [-0.1, -0.05) is 11.6 Å². The molecule has 126 valence electrons. The molecule has 0 spiro atoms. The van der Waals surface area contributed by atoms with E-state index in [4.69, 9.17) is 9.47 Å². The van der Waals surface area contributed by atoms with Gasteiger partial charge in [-0.15, -0.1) is 11.3 Å². The molecule has 1 aromatic heterocycles. The highest BCUT2D eigenvalue weighted by Gasteiger charge is 2.28. The molecule has 0 radical (unpaired) electrons. The summed E-state index contributed by atoms with van der Waals surface area (Å²) in [4.78, 5) is 24.3. The number of rotatable bonds is 6. The summed E-state index contributed by atoms with van der Waals surface area (Å²) in [6, 6.07) is 1.45. The Labute approximate surface area is 140 Å². The first kappa shape index (κ1) is 17.8. The molecule has 2 rings (SSSR count). The predicted octanol–water partition coefficient (Wildman–Crippen LogP) is 2.82. The fourth-order valence-electron chi connectivity index (χ4n) is 2.28. The van der Waals surface area contributed by atoms with E-state index in [9.17, 15) is 9.59 Å². The molecule has 1 saturated heterocycles. The molecule has 1 aliphatic heterocycles. The molecule has 1 fully saturated rings. The van der Waals surface area contributed by atoms with Gasteiger partial charge >= 0.3 is 0 Å².